The SMILES string of the molecule is Oc1cccc2c(C3(c4cccc5c(O)cccc45)c4ccccc4Cc4ccccc43)cccc12. The van der Waals surface area contributed by atoms with Crippen LogP contribution in [0.5, 0.6) is 11.5 Å². The molecule has 0 heterocycles. The molecule has 0 aliphatic heterocycles. The van der Waals surface area contributed by atoms with Gasteiger partial charge in [-0.2, -0.15) is 0 Å². The third kappa shape index (κ3) is 2.73. The van der Waals surface area contributed by atoms with Crippen molar-refractivity contribution in [3.63, 3.8) is 0 Å². The van der Waals surface area contributed by atoms with Crippen LogP contribution < -0.4 is 0 Å². The van der Waals surface area contributed by atoms with Crippen LogP contribution in [0.3, 0.4) is 0 Å². The number of fused-ring (bicyclic) bond motifs is 4. The van der Waals surface area contributed by atoms with Gasteiger partial charge in [0.15, 0.2) is 0 Å². The van der Waals surface area contributed by atoms with Crippen molar-refractivity contribution in [2.75, 3.05) is 0 Å². The van der Waals surface area contributed by atoms with Crippen molar-refractivity contribution in [1.29, 1.82) is 0 Å². The van der Waals surface area contributed by atoms with Crippen LogP contribution in [0, 0.1) is 0 Å². The van der Waals surface area contributed by atoms with Crippen LogP contribution in [0.25, 0.3) is 21.5 Å². The quantitative estimate of drug-likeness (QED) is 0.275. The minimum absolute atomic E-state index is 0.275. The number of hydrogen-bond donors (Lipinski definition) is 2. The van der Waals surface area contributed by atoms with E-state index in [2.05, 4.69) is 72.8 Å². The summed E-state index contributed by atoms with van der Waals surface area (Å²) in [6, 6.07) is 41.4. The Hall–Kier alpha value is -4.56. The molecular formula is C34H24O2. The van der Waals surface area contributed by atoms with E-state index in [1.807, 2.05) is 36.4 Å². The maximum Gasteiger partial charge on any atom is 0.123 e. The first-order chi connectivity index (χ1) is 17.7. The molecule has 0 aromatic heterocycles. The highest BCUT2D eigenvalue weighted by Gasteiger charge is 2.45. The molecule has 0 saturated heterocycles. The van der Waals surface area contributed by atoms with Crippen LogP contribution in [0.15, 0.2) is 121 Å². The summed E-state index contributed by atoms with van der Waals surface area (Å²) in [4.78, 5) is 0. The fourth-order valence-corrected chi connectivity index (χ4v) is 6.40. The Morgan fingerprint density at radius 2 is 0.778 bits per heavy atom. The molecule has 6 aromatic carbocycles. The normalized spacial score (nSPS) is 13.9. The summed E-state index contributed by atoms with van der Waals surface area (Å²) in [7, 11) is 0. The van der Waals surface area contributed by atoms with Gasteiger partial charge in [0.25, 0.3) is 0 Å². The number of phenolic OH excluding ortho intramolecular Hbond substituents is 2. The number of aromatic hydroxyl groups is 2. The molecule has 0 unspecified atom stereocenters. The number of phenols is 2. The molecule has 2 N–H and O–H groups in total. The van der Waals surface area contributed by atoms with Crippen LogP contribution >= 0.6 is 0 Å². The summed E-state index contributed by atoms with van der Waals surface area (Å²) in [5.74, 6) is 0.551. The Bertz CT molecular complexity index is 1660. The summed E-state index contributed by atoms with van der Waals surface area (Å²) in [6.45, 7) is 0. The molecular weight excluding hydrogens is 440 g/mol. The molecule has 1 aliphatic rings. The molecule has 2 heteroatoms. The molecule has 2 nitrogen and oxygen atoms in total. The van der Waals surface area contributed by atoms with Gasteiger partial charge in [-0.1, -0.05) is 109 Å². The van der Waals surface area contributed by atoms with Crippen molar-refractivity contribution >= 4 is 21.5 Å². The summed E-state index contributed by atoms with van der Waals surface area (Å²) in [5, 5.41) is 25.3. The van der Waals surface area contributed by atoms with Crippen molar-refractivity contribution in [3.05, 3.63) is 155 Å². The summed E-state index contributed by atoms with van der Waals surface area (Å²) in [6.07, 6.45) is 0.861. The van der Waals surface area contributed by atoms with Gasteiger partial charge in [0.05, 0.1) is 5.41 Å². The predicted molar refractivity (Wildman–Crippen MR) is 146 cm³/mol. The zero-order valence-corrected chi connectivity index (χ0v) is 19.6. The second-order valence-electron chi connectivity index (χ2n) is 9.60. The fraction of sp³-hybridized carbons (Fsp3) is 0.0588. The smallest absolute Gasteiger partial charge is 0.123 e. The fourth-order valence-electron chi connectivity index (χ4n) is 6.40. The van der Waals surface area contributed by atoms with Crippen LogP contribution in [-0.4, -0.2) is 10.2 Å². The monoisotopic (exact) mass is 464 g/mol. The molecule has 0 radical (unpaired) electrons. The van der Waals surface area contributed by atoms with Crippen LogP contribution in [0.2, 0.25) is 0 Å². The van der Waals surface area contributed by atoms with E-state index in [0.717, 1.165) is 39.1 Å². The first-order valence-corrected chi connectivity index (χ1v) is 12.3. The van der Waals surface area contributed by atoms with E-state index in [1.165, 1.54) is 22.3 Å². The van der Waals surface area contributed by atoms with Crippen LogP contribution in [0.1, 0.15) is 33.4 Å². The van der Waals surface area contributed by atoms with E-state index < -0.39 is 5.41 Å². The van der Waals surface area contributed by atoms with Crippen LogP contribution in [0.4, 0.5) is 0 Å². The van der Waals surface area contributed by atoms with E-state index in [1.54, 1.807) is 12.1 Å². The maximum absolute atomic E-state index is 10.8. The minimum Gasteiger partial charge on any atom is -0.507 e. The molecule has 0 amide bonds. The highest BCUT2D eigenvalue weighted by atomic mass is 16.3. The van der Waals surface area contributed by atoms with Gasteiger partial charge >= 0.3 is 0 Å². The highest BCUT2D eigenvalue weighted by molar-refractivity contribution is 5.98. The van der Waals surface area contributed by atoms with Gasteiger partial charge in [-0.3, -0.25) is 0 Å². The molecule has 0 spiro atoms. The third-order valence-corrected chi connectivity index (χ3v) is 7.83. The molecule has 36 heavy (non-hydrogen) atoms. The molecule has 0 saturated carbocycles. The summed E-state index contributed by atoms with van der Waals surface area (Å²) < 4.78 is 0. The van der Waals surface area contributed by atoms with Crippen molar-refractivity contribution in [2.45, 2.75) is 11.8 Å². The highest BCUT2D eigenvalue weighted by Crippen LogP contribution is 2.54. The predicted octanol–water partition coefficient (Wildman–Crippen LogP) is 7.69. The van der Waals surface area contributed by atoms with Crippen molar-refractivity contribution in [3.8, 4) is 11.5 Å². The minimum atomic E-state index is -0.647. The number of rotatable bonds is 2. The molecule has 172 valence electrons. The average molecular weight is 465 g/mol. The zero-order chi connectivity index (χ0) is 24.3. The lowest BCUT2D eigenvalue weighted by Crippen LogP contribution is -2.36. The molecule has 0 bridgehead atoms. The Balaban J connectivity index is 1.77. The molecule has 6 aromatic rings. The summed E-state index contributed by atoms with van der Waals surface area (Å²) >= 11 is 0. The van der Waals surface area contributed by atoms with Crippen LogP contribution in [-0.2, 0) is 11.8 Å². The first-order valence-electron chi connectivity index (χ1n) is 12.3. The molecule has 1 aliphatic carbocycles. The van der Waals surface area contributed by atoms with E-state index in [0.29, 0.717) is 0 Å². The largest absolute Gasteiger partial charge is 0.507 e. The van der Waals surface area contributed by atoms with E-state index in [-0.39, 0.29) is 11.5 Å². The van der Waals surface area contributed by atoms with E-state index in [4.69, 9.17) is 0 Å². The van der Waals surface area contributed by atoms with Crippen molar-refractivity contribution in [1.82, 2.24) is 0 Å². The second-order valence-corrected chi connectivity index (χ2v) is 9.60. The number of benzene rings is 6. The van der Waals surface area contributed by atoms with Crippen molar-refractivity contribution in [2.24, 2.45) is 0 Å². The molecule has 0 atom stereocenters. The lowest BCUT2D eigenvalue weighted by atomic mass is 9.58. The van der Waals surface area contributed by atoms with Crippen molar-refractivity contribution < 1.29 is 10.2 Å². The number of hydrogen-bond acceptors (Lipinski definition) is 2. The van der Waals surface area contributed by atoms with Gasteiger partial charge in [0.2, 0.25) is 0 Å². The topological polar surface area (TPSA) is 40.5 Å². The van der Waals surface area contributed by atoms with E-state index >= 15 is 0 Å². The Morgan fingerprint density at radius 1 is 0.389 bits per heavy atom. The third-order valence-electron chi connectivity index (χ3n) is 7.83. The maximum atomic E-state index is 10.8. The molecule has 7 rings (SSSR count). The first kappa shape index (κ1) is 20.8. The molecule has 0 fully saturated rings. The second kappa shape index (κ2) is 7.73. The average Bonchev–Trinajstić information content (AvgIpc) is 2.92. The Labute approximate surface area is 209 Å². The van der Waals surface area contributed by atoms with Gasteiger partial charge in [-0.15, -0.1) is 0 Å². The standard InChI is InChI=1S/C34H24O2/c35-32-19-7-11-24-26(32)13-5-17-30(24)34(31-18-6-14-27-25(31)12-8-20-33(27)36)28-15-3-1-9-22(28)21-23-10-2-4-16-29(23)34/h1-20,35-36H,21H2. The van der Waals surface area contributed by atoms with Gasteiger partial charge in [0, 0.05) is 10.8 Å². The van der Waals surface area contributed by atoms with Gasteiger partial charge < -0.3 is 10.2 Å². The summed E-state index contributed by atoms with van der Waals surface area (Å²) in [5.41, 5.74) is 6.62. The lowest BCUT2D eigenvalue weighted by Gasteiger charge is -2.43. The van der Waals surface area contributed by atoms with Gasteiger partial charge in [-0.25, -0.2) is 0 Å². The Morgan fingerprint density at radius 3 is 1.28 bits per heavy atom. The van der Waals surface area contributed by atoms with Gasteiger partial charge in [0.1, 0.15) is 11.5 Å². The zero-order valence-electron chi connectivity index (χ0n) is 19.6. The van der Waals surface area contributed by atoms with Gasteiger partial charge in [-0.05, 0) is 62.7 Å². The lowest BCUT2D eigenvalue weighted by molar-refractivity contribution is 0.481. The van der Waals surface area contributed by atoms with E-state index in [9.17, 15) is 10.2 Å². The Kier molecular flexibility index (Phi) is 4.46.